The highest BCUT2D eigenvalue weighted by molar-refractivity contribution is 5.39. The van der Waals surface area contributed by atoms with E-state index in [1.165, 1.54) is 24.0 Å². The molecular weight excluding hydrogens is 204 g/mol. The molecule has 0 spiro atoms. The van der Waals surface area contributed by atoms with Crippen molar-refractivity contribution in [3.63, 3.8) is 0 Å². The summed E-state index contributed by atoms with van der Waals surface area (Å²) in [4.78, 5) is 0. The zero-order chi connectivity index (χ0) is 11.7. The molecule has 1 aliphatic rings. The van der Waals surface area contributed by atoms with Gasteiger partial charge >= 0.3 is 0 Å². The van der Waals surface area contributed by atoms with E-state index in [2.05, 4.69) is 55.5 Å². The first-order chi connectivity index (χ1) is 8.33. The minimum atomic E-state index is 0.751. The minimum absolute atomic E-state index is 0.751. The first-order valence-corrected chi connectivity index (χ1v) is 6.48. The van der Waals surface area contributed by atoms with Crippen molar-refractivity contribution in [2.24, 2.45) is 0 Å². The third kappa shape index (κ3) is 2.12. The Morgan fingerprint density at radius 3 is 2.65 bits per heavy atom. The number of hydrogen-bond donors (Lipinski definition) is 0. The van der Waals surface area contributed by atoms with Crippen LogP contribution in [-0.4, -0.2) is 0 Å². The molecule has 86 valence electrons. The molecule has 2 aromatic rings. The summed E-state index contributed by atoms with van der Waals surface area (Å²) in [5, 5.41) is 0. The van der Waals surface area contributed by atoms with E-state index >= 15 is 0 Å². The first-order valence-electron chi connectivity index (χ1n) is 6.48. The van der Waals surface area contributed by atoms with Gasteiger partial charge in [-0.1, -0.05) is 55.5 Å². The quantitative estimate of drug-likeness (QED) is 0.709. The summed E-state index contributed by atoms with van der Waals surface area (Å²) in [6.07, 6.45) is 3.65. The lowest BCUT2D eigenvalue weighted by molar-refractivity contribution is 0.747. The molecule has 0 radical (unpaired) electrons. The van der Waals surface area contributed by atoms with E-state index in [1.807, 2.05) is 0 Å². The van der Waals surface area contributed by atoms with Crippen molar-refractivity contribution in [3.8, 4) is 0 Å². The standard InChI is InChI=1S/C17H18/c1-13-7-9-16-10-8-15(12-17(13)16)11-14-5-3-2-4-6-14/h2-6,8,10,12-13H,7,9,11H2,1H3. The monoisotopic (exact) mass is 222 g/mol. The predicted octanol–water partition coefficient (Wildman–Crippen LogP) is 4.33. The molecule has 0 nitrogen and oxygen atoms in total. The Morgan fingerprint density at radius 2 is 1.82 bits per heavy atom. The van der Waals surface area contributed by atoms with E-state index in [0.29, 0.717) is 0 Å². The number of benzene rings is 2. The summed E-state index contributed by atoms with van der Waals surface area (Å²) in [7, 11) is 0. The van der Waals surface area contributed by atoms with Crippen molar-refractivity contribution >= 4 is 0 Å². The van der Waals surface area contributed by atoms with Gasteiger partial charge in [0.15, 0.2) is 0 Å². The fraction of sp³-hybridized carbons (Fsp3) is 0.294. The molecule has 0 fully saturated rings. The number of hydrogen-bond acceptors (Lipinski definition) is 0. The molecule has 1 unspecified atom stereocenters. The second kappa shape index (κ2) is 4.37. The van der Waals surface area contributed by atoms with E-state index in [1.54, 1.807) is 11.1 Å². The Morgan fingerprint density at radius 1 is 1.00 bits per heavy atom. The van der Waals surface area contributed by atoms with E-state index < -0.39 is 0 Å². The van der Waals surface area contributed by atoms with Crippen molar-refractivity contribution in [2.45, 2.75) is 32.1 Å². The van der Waals surface area contributed by atoms with Crippen LogP contribution in [0.4, 0.5) is 0 Å². The van der Waals surface area contributed by atoms with Crippen LogP contribution in [0, 0.1) is 0 Å². The molecule has 0 heteroatoms. The Kier molecular flexibility index (Phi) is 2.72. The van der Waals surface area contributed by atoms with Crippen molar-refractivity contribution in [1.82, 2.24) is 0 Å². The topological polar surface area (TPSA) is 0 Å². The van der Waals surface area contributed by atoms with Gasteiger partial charge in [-0.15, -0.1) is 0 Å². The number of aryl methyl sites for hydroxylation is 1. The highest BCUT2D eigenvalue weighted by Crippen LogP contribution is 2.33. The molecular formula is C17H18. The SMILES string of the molecule is CC1CCc2ccc(Cc3ccccc3)cc21. The fourth-order valence-corrected chi connectivity index (χ4v) is 2.80. The number of rotatable bonds is 2. The summed E-state index contributed by atoms with van der Waals surface area (Å²) >= 11 is 0. The van der Waals surface area contributed by atoms with Crippen LogP contribution in [-0.2, 0) is 12.8 Å². The summed E-state index contributed by atoms with van der Waals surface area (Å²) in [6.45, 7) is 2.35. The maximum Gasteiger partial charge on any atom is -0.00257 e. The zero-order valence-electron chi connectivity index (χ0n) is 10.3. The van der Waals surface area contributed by atoms with Gasteiger partial charge in [0.05, 0.1) is 0 Å². The molecule has 1 aliphatic carbocycles. The van der Waals surface area contributed by atoms with Crippen LogP contribution in [0.3, 0.4) is 0 Å². The van der Waals surface area contributed by atoms with E-state index in [4.69, 9.17) is 0 Å². The van der Waals surface area contributed by atoms with Crippen LogP contribution >= 0.6 is 0 Å². The van der Waals surface area contributed by atoms with Crippen LogP contribution in [0.15, 0.2) is 48.5 Å². The van der Waals surface area contributed by atoms with E-state index in [0.717, 1.165) is 12.3 Å². The van der Waals surface area contributed by atoms with Crippen LogP contribution in [0.25, 0.3) is 0 Å². The molecule has 0 amide bonds. The van der Waals surface area contributed by atoms with Crippen molar-refractivity contribution in [2.75, 3.05) is 0 Å². The third-order valence-corrected chi connectivity index (χ3v) is 3.84. The van der Waals surface area contributed by atoms with E-state index in [-0.39, 0.29) is 0 Å². The van der Waals surface area contributed by atoms with Crippen molar-refractivity contribution < 1.29 is 0 Å². The average Bonchev–Trinajstić information content (AvgIpc) is 2.73. The largest absolute Gasteiger partial charge is 0.0622 e. The molecule has 3 rings (SSSR count). The molecule has 1 atom stereocenters. The molecule has 0 aromatic heterocycles. The van der Waals surface area contributed by atoms with Crippen LogP contribution in [0.2, 0.25) is 0 Å². The van der Waals surface area contributed by atoms with Gasteiger partial charge in [-0.3, -0.25) is 0 Å². The van der Waals surface area contributed by atoms with Gasteiger partial charge in [-0.25, -0.2) is 0 Å². The van der Waals surface area contributed by atoms with E-state index in [9.17, 15) is 0 Å². The van der Waals surface area contributed by atoms with Crippen LogP contribution < -0.4 is 0 Å². The fourth-order valence-electron chi connectivity index (χ4n) is 2.80. The Labute approximate surface area is 103 Å². The summed E-state index contributed by atoms with van der Waals surface area (Å²) in [5.41, 5.74) is 5.99. The maximum atomic E-state index is 2.42. The second-order valence-electron chi connectivity index (χ2n) is 5.14. The summed E-state index contributed by atoms with van der Waals surface area (Å²) in [6, 6.07) is 17.8. The van der Waals surface area contributed by atoms with Gasteiger partial charge < -0.3 is 0 Å². The summed E-state index contributed by atoms with van der Waals surface area (Å²) in [5.74, 6) is 0.751. The number of fused-ring (bicyclic) bond motifs is 1. The van der Waals surface area contributed by atoms with Gasteiger partial charge in [0.2, 0.25) is 0 Å². The van der Waals surface area contributed by atoms with Crippen molar-refractivity contribution in [1.29, 1.82) is 0 Å². The average molecular weight is 222 g/mol. The lowest BCUT2D eigenvalue weighted by Gasteiger charge is -2.08. The first kappa shape index (κ1) is 10.6. The predicted molar refractivity (Wildman–Crippen MR) is 72.4 cm³/mol. The molecule has 0 bridgehead atoms. The molecule has 0 N–H and O–H groups in total. The Balaban J connectivity index is 1.88. The van der Waals surface area contributed by atoms with Gasteiger partial charge in [-0.2, -0.15) is 0 Å². The Bertz CT molecular complexity index is 511. The van der Waals surface area contributed by atoms with Gasteiger partial charge in [0.25, 0.3) is 0 Å². The van der Waals surface area contributed by atoms with Gasteiger partial charge in [-0.05, 0) is 47.4 Å². The molecule has 2 aromatic carbocycles. The van der Waals surface area contributed by atoms with Crippen LogP contribution in [0.1, 0.15) is 41.5 Å². The highest BCUT2D eigenvalue weighted by atomic mass is 14.2. The zero-order valence-corrected chi connectivity index (χ0v) is 10.3. The molecule has 0 aliphatic heterocycles. The molecule has 0 saturated heterocycles. The lowest BCUT2D eigenvalue weighted by Crippen LogP contribution is -1.92. The molecule has 0 saturated carbocycles. The van der Waals surface area contributed by atoms with Gasteiger partial charge in [0.1, 0.15) is 0 Å². The smallest absolute Gasteiger partial charge is 0.00257 e. The second-order valence-corrected chi connectivity index (χ2v) is 5.14. The Hall–Kier alpha value is -1.56. The minimum Gasteiger partial charge on any atom is -0.0622 e. The lowest BCUT2D eigenvalue weighted by atomic mass is 9.97. The summed E-state index contributed by atoms with van der Waals surface area (Å²) < 4.78 is 0. The van der Waals surface area contributed by atoms with Crippen LogP contribution in [0.5, 0.6) is 0 Å². The van der Waals surface area contributed by atoms with Gasteiger partial charge in [0, 0.05) is 0 Å². The maximum absolute atomic E-state index is 2.42. The third-order valence-electron chi connectivity index (χ3n) is 3.84. The highest BCUT2D eigenvalue weighted by Gasteiger charge is 2.18. The van der Waals surface area contributed by atoms with Crippen molar-refractivity contribution in [3.05, 3.63) is 70.8 Å². The normalized spacial score (nSPS) is 18.1. The molecule has 17 heavy (non-hydrogen) atoms. The molecule has 0 heterocycles.